The van der Waals surface area contributed by atoms with Crippen LogP contribution < -0.4 is 10.2 Å². The molecule has 27 heavy (non-hydrogen) atoms. The molecular weight excluding hydrogens is 384 g/mol. The van der Waals surface area contributed by atoms with Gasteiger partial charge in [-0.25, -0.2) is 0 Å². The fraction of sp³-hybridized carbons (Fsp3) is 0.389. The molecule has 1 N–H and O–H groups in total. The lowest BCUT2D eigenvalue weighted by Crippen LogP contribution is -2.30. The number of carbonyl (C=O) groups excluding carboxylic acids is 3. The number of ketones is 1. The predicted molar refractivity (Wildman–Crippen MR) is 107 cm³/mol. The van der Waals surface area contributed by atoms with E-state index in [1.54, 1.807) is 36.1 Å². The van der Waals surface area contributed by atoms with Crippen molar-refractivity contribution in [1.82, 2.24) is 10.2 Å². The van der Waals surface area contributed by atoms with Gasteiger partial charge in [-0.3, -0.25) is 19.3 Å². The molecule has 0 bridgehead atoms. The van der Waals surface area contributed by atoms with Gasteiger partial charge in [0.25, 0.3) is 0 Å². The lowest BCUT2D eigenvalue weighted by molar-refractivity contribution is -0.117. The van der Waals surface area contributed by atoms with Gasteiger partial charge in [-0.05, 0) is 44.0 Å². The summed E-state index contributed by atoms with van der Waals surface area (Å²) < 4.78 is 0.746. The van der Waals surface area contributed by atoms with Crippen LogP contribution in [0.15, 0.2) is 28.6 Å². The molecule has 3 rings (SSSR count). The Balaban J connectivity index is 1.46. The minimum Gasteiger partial charge on any atom is -0.326 e. The van der Waals surface area contributed by atoms with E-state index in [9.17, 15) is 14.4 Å². The number of thioether (sulfide) groups is 1. The van der Waals surface area contributed by atoms with Crippen LogP contribution in [0.3, 0.4) is 0 Å². The number of hydrogen-bond acceptors (Lipinski definition) is 7. The van der Waals surface area contributed by atoms with E-state index < -0.39 is 0 Å². The Morgan fingerprint density at radius 2 is 1.89 bits per heavy atom. The molecule has 0 atom stereocenters. The van der Waals surface area contributed by atoms with Gasteiger partial charge in [0.05, 0.1) is 0 Å². The van der Waals surface area contributed by atoms with E-state index >= 15 is 0 Å². The molecule has 142 valence electrons. The van der Waals surface area contributed by atoms with Crippen LogP contribution in [0, 0.1) is 0 Å². The van der Waals surface area contributed by atoms with Gasteiger partial charge in [0, 0.05) is 36.4 Å². The molecule has 1 heterocycles. The van der Waals surface area contributed by atoms with Crippen molar-refractivity contribution in [2.75, 3.05) is 16.0 Å². The summed E-state index contributed by atoms with van der Waals surface area (Å²) in [5.41, 5.74) is 1.27. The molecule has 2 aromatic rings. The number of rotatable bonds is 8. The molecule has 7 nitrogen and oxygen atoms in total. The number of anilines is 2. The number of nitrogens with zero attached hydrogens (tertiary/aromatic N) is 3. The highest BCUT2D eigenvalue weighted by molar-refractivity contribution is 8.01. The van der Waals surface area contributed by atoms with Crippen LogP contribution in [0.5, 0.6) is 0 Å². The summed E-state index contributed by atoms with van der Waals surface area (Å²) in [6.07, 6.45) is 2.34. The first-order valence-corrected chi connectivity index (χ1v) is 10.4. The number of amides is 2. The molecule has 0 spiro atoms. The van der Waals surface area contributed by atoms with Crippen LogP contribution in [0.2, 0.25) is 0 Å². The molecule has 0 aliphatic heterocycles. The number of carbonyl (C=O) groups is 3. The second-order valence-corrected chi connectivity index (χ2v) is 8.55. The third-order valence-corrected chi connectivity index (χ3v) is 6.04. The molecule has 0 radical (unpaired) electrons. The van der Waals surface area contributed by atoms with E-state index in [2.05, 4.69) is 15.5 Å². The van der Waals surface area contributed by atoms with Gasteiger partial charge in [0.2, 0.25) is 16.9 Å². The summed E-state index contributed by atoms with van der Waals surface area (Å²) in [6.45, 7) is 3.05. The molecule has 9 heteroatoms. The monoisotopic (exact) mass is 404 g/mol. The minimum absolute atomic E-state index is 0.00859. The smallest absolute Gasteiger partial charge is 0.225 e. The lowest BCUT2D eigenvalue weighted by atomic mass is 10.1. The van der Waals surface area contributed by atoms with Crippen LogP contribution in [0.1, 0.15) is 43.5 Å². The van der Waals surface area contributed by atoms with E-state index in [1.165, 1.54) is 30.0 Å². The average Bonchev–Trinajstić information content (AvgIpc) is 3.33. The Bertz CT molecular complexity index is 847. The van der Waals surface area contributed by atoms with Crippen molar-refractivity contribution in [3.63, 3.8) is 0 Å². The Labute approximate surface area is 165 Å². The fourth-order valence-electron chi connectivity index (χ4n) is 2.48. The molecular formula is C18H20N4O3S2. The van der Waals surface area contributed by atoms with Crippen molar-refractivity contribution in [2.24, 2.45) is 0 Å². The van der Waals surface area contributed by atoms with Crippen LogP contribution in [-0.4, -0.2) is 39.6 Å². The first kappa shape index (κ1) is 19.5. The number of aromatic nitrogens is 2. The zero-order chi connectivity index (χ0) is 19.4. The fourth-order valence-corrected chi connectivity index (χ4v) is 4.45. The van der Waals surface area contributed by atoms with Gasteiger partial charge >= 0.3 is 0 Å². The lowest BCUT2D eigenvalue weighted by Gasteiger charge is -2.15. The van der Waals surface area contributed by atoms with Crippen molar-refractivity contribution in [3.05, 3.63) is 29.8 Å². The summed E-state index contributed by atoms with van der Waals surface area (Å²) >= 11 is 2.83. The SMILES string of the molecule is CC(=O)c1ccc(NC(=O)CCSc2nnc(N(C(C)=O)C3CC3)s2)cc1. The van der Waals surface area contributed by atoms with E-state index in [-0.39, 0.29) is 23.6 Å². The number of Topliss-reactive ketones (excluding diaryl/α,β-unsaturated/α-hetero) is 1. The summed E-state index contributed by atoms with van der Waals surface area (Å²) in [6, 6.07) is 7.07. The summed E-state index contributed by atoms with van der Waals surface area (Å²) in [4.78, 5) is 36.8. The van der Waals surface area contributed by atoms with Crippen LogP contribution >= 0.6 is 23.1 Å². The van der Waals surface area contributed by atoms with E-state index in [1.807, 2.05) is 0 Å². The third kappa shape index (κ3) is 5.36. The normalized spacial score (nSPS) is 13.3. The van der Waals surface area contributed by atoms with E-state index in [4.69, 9.17) is 0 Å². The molecule has 0 unspecified atom stereocenters. The van der Waals surface area contributed by atoms with Gasteiger partial charge in [-0.15, -0.1) is 10.2 Å². The summed E-state index contributed by atoms with van der Waals surface area (Å²) in [7, 11) is 0. The van der Waals surface area contributed by atoms with Gasteiger partial charge in [-0.1, -0.05) is 23.1 Å². The first-order chi connectivity index (χ1) is 12.9. The van der Waals surface area contributed by atoms with Gasteiger partial charge in [-0.2, -0.15) is 0 Å². The highest BCUT2D eigenvalue weighted by Crippen LogP contribution is 2.35. The van der Waals surface area contributed by atoms with Crippen molar-refractivity contribution in [3.8, 4) is 0 Å². The molecule has 1 aromatic heterocycles. The Kier molecular flexibility index (Phi) is 6.22. The Morgan fingerprint density at radius 3 is 2.48 bits per heavy atom. The van der Waals surface area contributed by atoms with Crippen molar-refractivity contribution < 1.29 is 14.4 Å². The highest BCUT2D eigenvalue weighted by atomic mass is 32.2. The topological polar surface area (TPSA) is 92.3 Å². The molecule has 1 aliphatic rings. The molecule has 1 saturated carbocycles. The Hall–Kier alpha value is -2.26. The van der Waals surface area contributed by atoms with Crippen LogP contribution in [0.4, 0.5) is 10.8 Å². The second kappa shape index (κ2) is 8.62. The van der Waals surface area contributed by atoms with Gasteiger partial charge < -0.3 is 5.32 Å². The maximum atomic E-state index is 12.0. The average molecular weight is 405 g/mol. The first-order valence-electron chi connectivity index (χ1n) is 8.61. The van der Waals surface area contributed by atoms with Crippen molar-refractivity contribution in [2.45, 2.75) is 43.5 Å². The third-order valence-electron chi connectivity index (χ3n) is 3.98. The van der Waals surface area contributed by atoms with Gasteiger partial charge in [0.15, 0.2) is 10.1 Å². The molecule has 1 aliphatic carbocycles. The standard InChI is InChI=1S/C18H20N4O3S2/c1-11(23)13-3-5-14(6-4-13)19-16(25)9-10-26-18-21-20-17(27-18)22(12(2)24)15-7-8-15/h3-6,15H,7-10H2,1-2H3,(H,19,25). The van der Waals surface area contributed by atoms with Crippen LogP contribution in [0.25, 0.3) is 0 Å². The molecule has 2 amide bonds. The number of nitrogens with one attached hydrogen (secondary N) is 1. The summed E-state index contributed by atoms with van der Waals surface area (Å²) in [5, 5.41) is 11.7. The second-order valence-electron chi connectivity index (χ2n) is 6.25. The summed E-state index contributed by atoms with van der Waals surface area (Å²) in [5.74, 6) is 0.437. The maximum Gasteiger partial charge on any atom is 0.225 e. The predicted octanol–water partition coefficient (Wildman–Crippen LogP) is 3.38. The Morgan fingerprint density at radius 1 is 1.19 bits per heavy atom. The van der Waals surface area contributed by atoms with Crippen LogP contribution in [-0.2, 0) is 9.59 Å². The largest absolute Gasteiger partial charge is 0.326 e. The highest BCUT2D eigenvalue weighted by Gasteiger charge is 2.34. The number of benzene rings is 1. The zero-order valence-corrected chi connectivity index (χ0v) is 16.7. The maximum absolute atomic E-state index is 12.0. The number of hydrogen-bond donors (Lipinski definition) is 1. The van der Waals surface area contributed by atoms with Crippen molar-refractivity contribution >= 4 is 51.5 Å². The molecule has 1 aromatic carbocycles. The zero-order valence-electron chi connectivity index (χ0n) is 15.1. The van der Waals surface area contributed by atoms with E-state index in [0.717, 1.165) is 17.2 Å². The quantitative estimate of drug-likeness (QED) is 0.412. The van der Waals surface area contributed by atoms with Crippen molar-refractivity contribution in [1.29, 1.82) is 0 Å². The van der Waals surface area contributed by atoms with E-state index in [0.29, 0.717) is 28.6 Å². The molecule has 0 saturated heterocycles. The molecule has 1 fully saturated rings. The van der Waals surface area contributed by atoms with Gasteiger partial charge in [0.1, 0.15) is 0 Å². The minimum atomic E-state index is -0.105.